The highest BCUT2D eigenvalue weighted by molar-refractivity contribution is 5.99. The summed E-state index contributed by atoms with van der Waals surface area (Å²) in [4.78, 5) is 16.6. The summed E-state index contributed by atoms with van der Waals surface area (Å²) in [6.45, 7) is 2.60. The van der Waals surface area contributed by atoms with E-state index in [1.54, 1.807) is 6.20 Å². The fraction of sp³-hybridized carbons (Fsp3) is 0.174. The second-order valence-electron chi connectivity index (χ2n) is 6.89. The van der Waals surface area contributed by atoms with Gasteiger partial charge in [0.1, 0.15) is 0 Å². The van der Waals surface area contributed by atoms with Crippen molar-refractivity contribution >= 4 is 22.6 Å². The van der Waals surface area contributed by atoms with Gasteiger partial charge in [-0.2, -0.15) is 5.10 Å². The molecule has 6 heteroatoms. The van der Waals surface area contributed by atoms with Gasteiger partial charge in [0.2, 0.25) is 0 Å². The van der Waals surface area contributed by atoms with Crippen LogP contribution in [-0.2, 0) is 6.42 Å². The van der Waals surface area contributed by atoms with Crippen molar-refractivity contribution in [2.24, 2.45) is 0 Å². The topological polar surface area (TPSA) is 71.8 Å². The maximum Gasteiger partial charge on any atom is 0.319 e. The zero-order chi connectivity index (χ0) is 20.1. The average molecular weight is 385 g/mol. The number of carbonyl (C=O) groups is 1. The van der Waals surface area contributed by atoms with E-state index in [1.165, 1.54) is 5.56 Å². The number of aromatic nitrogens is 3. The lowest BCUT2D eigenvalue weighted by Gasteiger charge is -2.09. The Labute approximate surface area is 169 Å². The third-order valence-electron chi connectivity index (χ3n) is 4.81. The van der Waals surface area contributed by atoms with Gasteiger partial charge in [-0.15, -0.1) is 0 Å². The summed E-state index contributed by atoms with van der Waals surface area (Å²) in [6, 6.07) is 19.4. The Kier molecular flexibility index (Phi) is 5.52. The molecule has 2 aromatic heterocycles. The molecule has 29 heavy (non-hydrogen) atoms. The van der Waals surface area contributed by atoms with Gasteiger partial charge in [0, 0.05) is 24.3 Å². The van der Waals surface area contributed by atoms with E-state index in [0.717, 1.165) is 35.1 Å². The molecule has 0 aliphatic heterocycles. The van der Waals surface area contributed by atoms with Crippen LogP contribution in [0.5, 0.6) is 0 Å². The number of hydrogen-bond donors (Lipinski definition) is 2. The van der Waals surface area contributed by atoms with E-state index < -0.39 is 0 Å². The third-order valence-corrected chi connectivity index (χ3v) is 4.81. The average Bonchev–Trinajstić information content (AvgIpc) is 3.13. The minimum Gasteiger partial charge on any atom is -0.338 e. The molecule has 146 valence electrons. The number of carbonyl (C=O) groups excluding carboxylic acids is 1. The van der Waals surface area contributed by atoms with Crippen LogP contribution in [0.15, 0.2) is 73.1 Å². The number of hydrogen-bond acceptors (Lipinski definition) is 3. The minimum absolute atomic E-state index is 0.222. The zero-order valence-electron chi connectivity index (χ0n) is 16.3. The van der Waals surface area contributed by atoms with Gasteiger partial charge >= 0.3 is 6.03 Å². The van der Waals surface area contributed by atoms with Gasteiger partial charge < -0.3 is 10.6 Å². The number of anilines is 1. The Balaban J connectivity index is 1.29. The van der Waals surface area contributed by atoms with Crippen LogP contribution in [0.4, 0.5) is 10.5 Å². The van der Waals surface area contributed by atoms with Crippen molar-refractivity contribution in [1.82, 2.24) is 20.1 Å². The van der Waals surface area contributed by atoms with Gasteiger partial charge in [-0.1, -0.05) is 36.4 Å². The SMILES string of the molecule is Cc1nn(-c2ccccc2)cc1CCCNC(=O)Nc1cccc2cccnc12. The monoisotopic (exact) mass is 385 g/mol. The first-order valence-electron chi connectivity index (χ1n) is 9.70. The van der Waals surface area contributed by atoms with Crippen LogP contribution in [0.25, 0.3) is 16.6 Å². The van der Waals surface area contributed by atoms with Gasteiger partial charge in [-0.05, 0) is 49.6 Å². The summed E-state index contributed by atoms with van der Waals surface area (Å²) in [5.41, 5.74) is 4.74. The van der Waals surface area contributed by atoms with E-state index in [1.807, 2.05) is 72.3 Å². The Bertz CT molecular complexity index is 1120. The molecule has 0 saturated carbocycles. The smallest absolute Gasteiger partial charge is 0.319 e. The van der Waals surface area contributed by atoms with Crippen LogP contribution in [0.2, 0.25) is 0 Å². The molecular weight excluding hydrogens is 362 g/mol. The number of rotatable bonds is 6. The van der Waals surface area contributed by atoms with Gasteiger partial charge in [-0.3, -0.25) is 4.98 Å². The summed E-state index contributed by atoms with van der Waals surface area (Å²) < 4.78 is 1.90. The van der Waals surface area contributed by atoms with E-state index in [9.17, 15) is 4.79 Å². The Morgan fingerprint density at radius 3 is 2.72 bits per heavy atom. The number of fused-ring (bicyclic) bond motifs is 1. The fourth-order valence-electron chi connectivity index (χ4n) is 3.31. The van der Waals surface area contributed by atoms with E-state index in [2.05, 4.69) is 26.9 Å². The molecule has 0 bridgehead atoms. The molecule has 2 heterocycles. The highest BCUT2D eigenvalue weighted by Gasteiger charge is 2.08. The van der Waals surface area contributed by atoms with Crippen molar-refractivity contribution in [2.45, 2.75) is 19.8 Å². The van der Waals surface area contributed by atoms with E-state index >= 15 is 0 Å². The zero-order valence-corrected chi connectivity index (χ0v) is 16.3. The van der Waals surface area contributed by atoms with Crippen LogP contribution in [0.3, 0.4) is 0 Å². The van der Waals surface area contributed by atoms with E-state index in [0.29, 0.717) is 12.2 Å². The lowest BCUT2D eigenvalue weighted by Crippen LogP contribution is -2.29. The summed E-state index contributed by atoms with van der Waals surface area (Å²) in [6.07, 6.45) is 5.48. The molecule has 0 spiro atoms. The largest absolute Gasteiger partial charge is 0.338 e. The van der Waals surface area contributed by atoms with Crippen LogP contribution >= 0.6 is 0 Å². The van der Waals surface area contributed by atoms with Gasteiger partial charge in [0.25, 0.3) is 0 Å². The molecule has 6 nitrogen and oxygen atoms in total. The number of aryl methyl sites for hydroxylation is 2. The molecule has 0 aliphatic carbocycles. The van der Waals surface area contributed by atoms with Crippen LogP contribution in [0, 0.1) is 6.92 Å². The second-order valence-corrected chi connectivity index (χ2v) is 6.89. The lowest BCUT2D eigenvalue weighted by molar-refractivity contribution is 0.252. The molecule has 2 N–H and O–H groups in total. The molecule has 0 unspecified atom stereocenters. The first kappa shape index (κ1) is 18.7. The number of benzene rings is 2. The number of amides is 2. The maximum atomic E-state index is 12.3. The summed E-state index contributed by atoms with van der Waals surface area (Å²) in [5, 5.41) is 11.4. The maximum absolute atomic E-state index is 12.3. The van der Waals surface area contributed by atoms with Crippen LogP contribution in [-0.4, -0.2) is 27.3 Å². The Hall–Kier alpha value is -3.67. The number of urea groups is 1. The Morgan fingerprint density at radius 2 is 1.86 bits per heavy atom. The van der Waals surface area contributed by atoms with E-state index in [-0.39, 0.29) is 6.03 Å². The van der Waals surface area contributed by atoms with Crippen molar-refractivity contribution in [3.8, 4) is 5.69 Å². The number of para-hydroxylation sites is 2. The summed E-state index contributed by atoms with van der Waals surface area (Å²) in [7, 11) is 0. The molecule has 0 atom stereocenters. The van der Waals surface area contributed by atoms with Crippen LogP contribution < -0.4 is 10.6 Å². The number of nitrogens with zero attached hydrogens (tertiary/aromatic N) is 3. The highest BCUT2D eigenvalue weighted by Crippen LogP contribution is 2.20. The minimum atomic E-state index is -0.222. The molecule has 4 aromatic rings. The van der Waals surface area contributed by atoms with Crippen molar-refractivity contribution in [2.75, 3.05) is 11.9 Å². The molecule has 2 aromatic carbocycles. The molecule has 4 rings (SSSR count). The van der Waals surface area contributed by atoms with Crippen molar-refractivity contribution in [3.05, 3.63) is 84.3 Å². The number of nitrogens with one attached hydrogen (secondary N) is 2. The Morgan fingerprint density at radius 1 is 1.03 bits per heavy atom. The lowest BCUT2D eigenvalue weighted by atomic mass is 10.1. The fourth-order valence-corrected chi connectivity index (χ4v) is 3.31. The second kappa shape index (κ2) is 8.56. The first-order valence-corrected chi connectivity index (χ1v) is 9.70. The predicted octanol–water partition coefficient (Wildman–Crippen LogP) is 4.48. The van der Waals surface area contributed by atoms with Gasteiger partial charge in [0.15, 0.2) is 0 Å². The molecule has 0 saturated heterocycles. The predicted molar refractivity (Wildman–Crippen MR) is 115 cm³/mol. The van der Waals surface area contributed by atoms with Crippen molar-refractivity contribution in [3.63, 3.8) is 0 Å². The van der Waals surface area contributed by atoms with Gasteiger partial charge in [-0.25, -0.2) is 9.48 Å². The highest BCUT2D eigenvalue weighted by atomic mass is 16.2. The standard InChI is InChI=1S/C23H23N5O/c1-17-19(16-28(27-17)20-11-3-2-4-12-20)10-7-15-25-23(29)26-21-13-5-8-18-9-6-14-24-22(18)21/h2-6,8-9,11-14,16H,7,10,15H2,1H3,(H2,25,26,29). The summed E-state index contributed by atoms with van der Waals surface area (Å²) >= 11 is 0. The molecular formula is C23H23N5O. The molecule has 0 radical (unpaired) electrons. The number of pyridine rings is 1. The molecule has 0 aliphatic rings. The third kappa shape index (κ3) is 4.43. The first-order chi connectivity index (χ1) is 14.2. The molecule has 0 fully saturated rings. The van der Waals surface area contributed by atoms with Crippen molar-refractivity contribution in [1.29, 1.82) is 0 Å². The van der Waals surface area contributed by atoms with E-state index in [4.69, 9.17) is 0 Å². The van der Waals surface area contributed by atoms with Crippen molar-refractivity contribution < 1.29 is 4.79 Å². The van der Waals surface area contributed by atoms with Crippen LogP contribution in [0.1, 0.15) is 17.7 Å². The quantitative estimate of drug-likeness (QED) is 0.481. The summed E-state index contributed by atoms with van der Waals surface area (Å²) in [5.74, 6) is 0. The normalized spacial score (nSPS) is 10.8. The molecule has 2 amide bonds. The van der Waals surface area contributed by atoms with Gasteiger partial charge in [0.05, 0.1) is 22.6 Å².